The minimum atomic E-state index is -0.540. The first kappa shape index (κ1) is 20.9. The summed E-state index contributed by atoms with van der Waals surface area (Å²) in [6.45, 7) is 3.16. The number of ether oxygens (including phenoxy) is 3. The third-order valence-electron chi connectivity index (χ3n) is 6.01. The molecule has 3 heterocycles. The van der Waals surface area contributed by atoms with Crippen molar-refractivity contribution in [1.29, 1.82) is 0 Å². The molecule has 3 atom stereocenters. The average molecular weight is 419 g/mol. The molecule has 0 aromatic heterocycles. The average Bonchev–Trinajstić information content (AvgIpc) is 3.23. The maximum Gasteiger partial charge on any atom is 0.251 e. The molecule has 1 aromatic carbocycles. The lowest BCUT2D eigenvalue weighted by atomic mass is 9.96. The van der Waals surface area contributed by atoms with Crippen molar-refractivity contribution in [1.82, 2.24) is 15.1 Å². The second kappa shape index (κ2) is 9.20. The lowest BCUT2D eigenvalue weighted by Gasteiger charge is -2.37. The Balaban J connectivity index is 1.30. The van der Waals surface area contributed by atoms with Gasteiger partial charge in [-0.15, -0.1) is 0 Å². The van der Waals surface area contributed by atoms with Gasteiger partial charge in [-0.1, -0.05) is 0 Å². The third-order valence-corrected chi connectivity index (χ3v) is 6.01. The Bertz CT molecular complexity index is 780. The zero-order valence-corrected chi connectivity index (χ0v) is 17.2. The van der Waals surface area contributed by atoms with Crippen LogP contribution < -0.4 is 14.8 Å². The van der Waals surface area contributed by atoms with Crippen molar-refractivity contribution in [2.45, 2.75) is 37.5 Å². The van der Waals surface area contributed by atoms with Crippen molar-refractivity contribution in [3.63, 3.8) is 0 Å². The molecule has 3 unspecified atom stereocenters. The number of amides is 2. The molecule has 1 aromatic rings. The number of rotatable bonds is 5. The summed E-state index contributed by atoms with van der Waals surface area (Å²) in [7, 11) is 2.05. The van der Waals surface area contributed by atoms with Crippen molar-refractivity contribution in [3.8, 4) is 11.5 Å². The highest BCUT2D eigenvalue weighted by molar-refractivity contribution is 5.95. The van der Waals surface area contributed by atoms with E-state index in [0.29, 0.717) is 36.3 Å². The minimum absolute atomic E-state index is 0.0904. The van der Waals surface area contributed by atoms with Crippen LogP contribution in [-0.4, -0.2) is 91.6 Å². The molecule has 9 heteroatoms. The van der Waals surface area contributed by atoms with Gasteiger partial charge in [0.15, 0.2) is 11.5 Å². The maximum absolute atomic E-state index is 12.7. The van der Waals surface area contributed by atoms with Gasteiger partial charge in [0, 0.05) is 31.7 Å². The summed E-state index contributed by atoms with van der Waals surface area (Å²) in [4.78, 5) is 29.3. The molecule has 4 rings (SSSR count). The highest BCUT2D eigenvalue weighted by Gasteiger charge is 2.34. The number of aliphatic hydroxyl groups excluding tert-OH is 1. The SMILES string of the molecule is CN1CCN(C(=O)CC2CCC(NC(=O)c3ccc4c(c3)OCO4)C(CO)O2)CC1. The summed E-state index contributed by atoms with van der Waals surface area (Å²) in [6, 6.07) is 4.71. The van der Waals surface area contributed by atoms with Gasteiger partial charge in [0.2, 0.25) is 12.7 Å². The number of aliphatic hydroxyl groups is 1. The van der Waals surface area contributed by atoms with Crippen LogP contribution >= 0.6 is 0 Å². The number of likely N-dealkylation sites (N-methyl/N-ethyl adjacent to an activating group) is 1. The number of fused-ring (bicyclic) bond motifs is 1. The Morgan fingerprint density at radius 2 is 1.90 bits per heavy atom. The van der Waals surface area contributed by atoms with Crippen molar-refractivity contribution >= 4 is 11.8 Å². The van der Waals surface area contributed by atoms with Crippen molar-refractivity contribution in [3.05, 3.63) is 23.8 Å². The van der Waals surface area contributed by atoms with Crippen LogP contribution in [0.25, 0.3) is 0 Å². The molecule has 2 saturated heterocycles. The monoisotopic (exact) mass is 419 g/mol. The molecule has 0 bridgehead atoms. The first-order valence-electron chi connectivity index (χ1n) is 10.5. The Morgan fingerprint density at radius 3 is 2.67 bits per heavy atom. The van der Waals surface area contributed by atoms with Gasteiger partial charge in [-0.05, 0) is 38.1 Å². The van der Waals surface area contributed by atoms with Crippen LogP contribution in [0, 0.1) is 0 Å². The van der Waals surface area contributed by atoms with E-state index in [1.165, 1.54) is 0 Å². The van der Waals surface area contributed by atoms with Crippen LogP contribution in [0.4, 0.5) is 0 Å². The zero-order valence-electron chi connectivity index (χ0n) is 17.2. The van der Waals surface area contributed by atoms with Gasteiger partial charge in [-0.25, -0.2) is 0 Å². The molecular formula is C21H29N3O6. The van der Waals surface area contributed by atoms with Crippen molar-refractivity contribution < 1.29 is 28.9 Å². The molecule has 164 valence electrons. The highest BCUT2D eigenvalue weighted by Crippen LogP contribution is 2.32. The van der Waals surface area contributed by atoms with Gasteiger partial charge in [0.25, 0.3) is 5.91 Å². The fourth-order valence-corrected chi connectivity index (χ4v) is 4.12. The largest absolute Gasteiger partial charge is 0.454 e. The van der Waals surface area contributed by atoms with E-state index in [9.17, 15) is 14.7 Å². The molecule has 2 N–H and O–H groups in total. The van der Waals surface area contributed by atoms with Gasteiger partial charge in [0.05, 0.1) is 25.2 Å². The lowest BCUT2D eigenvalue weighted by molar-refractivity contribution is -0.141. The van der Waals surface area contributed by atoms with Crippen molar-refractivity contribution in [2.24, 2.45) is 0 Å². The smallest absolute Gasteiger partial charge is 0.251 e. The fraction of sp³-hybridized carbons (Fsp3) is 0.619. The van der Waals surface area contributed by atoms with E-state index < -0.39 is 6.10 Å². The van der Waals surface area contributed by atoms with Crippen LogP contribution in [0.3, 0.4) is 0 Å². The van der Waals surface area contributed by atoms with Gasteiger partial charge in [0.1, 0.15) is 6.10 Å². The number of benzene rings is 1. The summed E-state index contributed by atoms with van der Waals surface area (Å²) >= 11 is 0. The molecule has 3 aliphatic heterocycles. The molecule has 3 aliphatic rings. The second-order valence-electron chi connectivity index (χ2n) is 8.09. The number of carbonyl (C=O) groups excluding carboxylic acids is 2. The molecule has 30 heavy (non-hydrogen) atoms. The van der Waals surface area contributed by atoms with Gasteiger partial charge in [-0.3, -0.25) is 9.59 Å². The first-order chi connectivity index (χ1) is 14.5. The number of nitrogens with zero attached hydrogens (tertiary/aromatic N) is 2. The number of nitrogens with one attached hydrogen (secondary N) is 1. The first-order valence-corrected chi connectivity index (χ1v) is 10.5. The molecule has 0 saturated carbocycles. The minimum Gasteiger partial charge on any atom is -0.454 e. The Kier molecular flexibility index (Phi) is 6.40. The van der Waals surface area contributed by atoms with Crippen molar-refractivity contribution in [2.75, 3.05) is 46.6 Å². The predicted octanol–water partition coefficient (Wildman–Crippen LogP) is 0.218. The Morgan fingerprint density at radius 1 is 1.13 bits per heavy atom. The predicted molar refractivity (Wildman–Crippen MR) is 107 cm³/mol. The quantitative estimate of drug-likeness (QED) is 0.704. The normalized spacial score (nSPS) is 26.5. The van der Waals surface area contributed by atoms with Gasteiger partial charge >= 0.3 is 0 Å². The van der Waals surface area contributed by atoms with Gasteiger partial charge in [-0.2, -0.15) is 0 Å². The standard InChI is InChI=1S/C21H29N3O6/c1-23-6-8-24(9-7-23)20(26)11-15-3-4-16(19(12-25)30-15)22-21(27)14-2-5-17-18(10-14)29-13-28-17/h2,5,10,15-16,19,25H,3-4,6-9,11-13H2,1H3,(H,22,27). The molecule has 0 aliphatic carbocycles. The number of piperazine rings is 1. The van der Waals surface area contributed by atoms with E-state index in [4.69, 9.17) is 14.2 Å². The summed E-state index contributed by atoms with van der Waals surface area (Å²) in [5.74, 6) is 0.998. The van der Waals surface area contributed by atoms with E-state index in [2.05, 4.69) is 17.3 Å². The van der Waals surface area contributed by atoms with E-state index in [0.717, 1.165) is 26.2 Å². The van der Waals surface area contributed by atoms with E-state index in [1.807, 2.05) is 4.90 Å². The zero-order chi connectivity index (χ0) is 21.1. The number of carbonyl (C=O) groups is 2. The lowest BCUT2D eigenvalue weighted by Crippen LogP contribution is -2.52. The molecule has 0 spiro atoms. The van der Waals surface area contributed by atoms with E-state index >= 15 is 0 Å². The maximum atomic E-state index is 12.7. The summed E-state index contributed by atoms with van der Waals surface area (Å²) in [6.07, 6.45) is 0.822. The molecule has 9 nitrogen and oxygen atoms in total. The van der Waals surface area contributed by atoms with Crippen LogP contribution in [0.1, 0.15) is 29.6 Å². The molecule has 2 fully saturated rings. The second-order valence-corrected chi connectivity index (χ2v) is 8.09. The van der Waals surface area contributed by atoms with Crippen LogP contribution in [0.2, 0.25) is 0 Å². The van der Waals surface area contributed by atoms with Crippen LogP contribution in [0.15, 0.2) is 18.2 Å². The topological polar surface area (TPSA) is 101 Å². The third kappa shape index (κ3) is 4.69. The summed E-state index contributed by atoms with van der Waals surface area (Å²) in [5, 5.41) is 12.7. The summed E-state index contributed by atoms with van der Waals surface area (Å²) in [5.41, 5.74) is 0.461. The highest BCUT2D eigenvalue weighted by atomic mass is 16.7. The van der Waals surface area contributed by atoms with Crippen LogP contribution in [-0.2, 0) is 9.53 Å². The number of hydrogen-bond acceptors (Lipinski definition) is 7. The Hall–Kier alpha value is -2.36. The van der Waals surface area contributed by atoms with Crippen LogP contribution in [0.5, 0.6) is 11.5 Å². The fourth-order valence-electron chi connectivity index (χ4n) is 4.12. The molecule has 0 radical (unpaired) electrons. The summed E-state index contributed by atoms with van der Waals surface area (Å²) < 4.78 is 16.6. The van der Waals surface area contributed by atoms with E-state index in [-0.39, 0.29) is 37.4 Å². The Labute approximate surface area is 175 Å². The molecular weight excluding hydrogens is 390 g/mol. The van der Waals surface area contributed by atoms with Gasteiger partial charge < -0.3 is 34.4 Å². The molecule has 2 amide bonds. The number of hydrogen-bond donors (Lipinski definition) is 2. The van der Waals surface area contributed by atoms with E-state index in [1.54, 1.807) is 18.2 Å².